The molecule has 6 heterocycles. The van der Waals surface area contributed by atoms with Crippen LogP contribution in [0.1, 0.15) is 41.5 Å². The molecule has 4 aromatic carbocycles. The van der Waals surface area contributed by atoms with E-state index in [9.17, 15) is 36.7 Å². The highest BCUT2D eigenvalue weighted by Gasteiger charge is 2.44. The molecule has 3 amide bonds. The number of nitrogens with one attached hydrogen (secondary N) is 1. The van der Waals surface area contributed by atoms with Crippen molar-refractivity contribution in [2.24, 2.45) is 23.7 Å². The van der Waals surface area contributed by atoms with Gasteiger partial charge in [0.1, 0.15) is 47.3 Å². The van der Waals surface area contributed by atoms with Crippen molar-refractivity contribution in [1.29, 1.82) is 0 Å². The molecule has 0 saturated carbocycles. The molecule has 6 aromatic rings. The van der Waals surface area contributed by atoms with Crippen LogP contribution in [0.5, 0.6) is 11.5 Å². The van der Waals surface area contributed by atoms with Gasteiger partial charge in [-0.15, -0.1) is 0 Å². The Hall–Kier alpha value is -8.96. The highest BCUT2D eigenvalue weighted by Crippen LogP contribution is 2.38. The van der Waals surface area contributed by atoms with Gasteiger partial charge in [0.05, 0.1) is 27.4 Å². The minimum absolute atomic E-state index is 0.0608. The maximum Gasteiger partial charge on any atom is 0.410 e. The number of hydrogen-bond donors (Lipinski definition) is 2. The number of hydrogen-bond acceptors (Lipinski definition) is 11. The van der Waals surface area contributed by atoms with Gasteiger partial charge in [-0.25, -0.2) is 36.8 Å². The van der Waals surface area contributed by atoms with Crippen molar-refractivity contribution in [3.05, 3.63) is 131 Å². The molecule has 4 unspecified atom stereocenters. The largest absolute Gasteiger partial charge is 0.494 e. The summed E-state index contributed by atoms with van der Waals surface area (Å²) in [6.07, 6.45) is 2.59. The fourth-order valence-electron chi connectivity index (χ4n) is 10.4. The summed E-state index contributed by atoms with van der Waals surface area (Å²) in [5.74, 6) is -2.08. The van der Waals surface area contributed by atoms with Gasteiger partial charge in [-0.05, 0) is 101 Å². The first-order valence-corrected chi connectivity index (χ1v) is 26.7. The van der Waals surface area contributed by atoms with Crippen LogP contribution in [0.15, 0.2) is 85.2 Å². The third-order valence-corrected chi connectivity index (χ3v) is 14.3. The highest BCUT2D eigenvalue weighted by molar-refractivity contribution is 5.84. The fourth-order valence-corrected chi connectivity index (χ4v) is 10.4. The molecule has 0 bridgehead atoms. The summed E-state index contributed by atoms with van der Waals surface area (Å²) in [7, 11) is 2.71. The van der Waals surface area contributed by atoms with Gasteiger partial charge in [-0.2, -0.15) is 10.2 Å². The summed E-state index contributed by atoms with van der Waals surface area (Å²) in [5, 5.41) is 21.1. The van der Waals surface area contributed by atoms with Gasteiger partial charge in [-0.1, -0.05) is 36.4 Å². The number of carbonyl (C=O) groups is 4. The van der Waals surface area contributed by atoms with Gasteiger partial charge >= 0.3 is 18.2 Å². The first kappa shape index (κ1) is 60.1. The van der Waals surface area contributed by atoms with Crippen molar-refractivity contribution in [3.63, 3.8) is 0 Å². The number of halogens is 4. The number of aromatic nitrogens is 4. The zero-order chi connectivity index (χ0) is 60.1. The summed E-state index contributed by atoms with van der Waals surface area (Å²) in [6, 6.07) is 16.8. The average molecular weight is 1150 g/mol. The van der Waals surface area contributed by atoms with Crippen LogP contribution in [0.3, 0.4) is 0 Å². The van der Waals surface area contributed by atoms with E-state index in [1.165, 1.54) is 78.3 Å². The molecule has 4 fully saturated rings. The van der Waals surface area contributed by atoms with Gasteiger partial charge in [-0.3, -0.25) is 19.0 Å². The Morgan fingerprint density at radius 1 is 0.566 bits per heavy atom. The van der Waals surface area contributed by atoms with Crippen molar-refractivity contribution in [2.75, 3.05) is 66.6 Å². The minimum atomic E-state index is -1.11. The van der Waals surface area contributed by atoms with Crippen LogP contribution in [-0.2, 0) is 32.2 Å². The van der Waals surface area contributed by atoms with Crippen LogP contribution in [0.4, 0.5) is 38.5 Å². The zero-order valence-corrected chi connectivity index (χ0v) is 47.2. The first-order chi connectivity index (χ1) is 39.3. The smallest absolute Gasteiger partial charge is 0.410 e. The van der Waals surface area contributed by atoms with Gasteiger partial charge in [0, 0.05) is 98.8 Å². The number of amides is 3. The van der Waals surface area contributed by atoms with E-state index in [1.54, 1.807) is 34.2 Å². The molecule has 83 heavy (non-hydrogen) atoms. The average Bonchev–Trinajstić information content (AvgIpc) is 4.50. The predicted molar refractivity (Wildman–Crippen MR) is 298 cm³/mol. The molecule has 2 N–H and O–H groups in total. The second-order valence-electron chi connectivity index (χ2n) is 22.6. The Labute approximate surface area is 477 Å². The molecule has 2 aromatic heterocycles. The van der Waals surface area contributed by atoms with Gasteiger partial charge in [0.25, 0.3) is 0 Å². The van der Waals surface area contributed by atoms with Crippen LogP contribution in [0.2, 0.25) is 0 Å². The normalized spacial score (nSPS) is 17.9. The summed E-state index contributed by atoms with van der Waals surface area (Å²) >= 11 is 0. The number of carboxylic acids is 1. The summed E-state index contributed by atoms with van der Waals surface area (Å²) in [5.41, 5.74) is 1.98. The first-order valence-electron chi connectivity index (χ1n) is 26.7. The maximum absolute atomic E-state index is 14.6. The van der Waals surface area contributed by atoms with E-state index in [-0.39, 0.29) is 70.6 Å². The molecule has 10 rings (SSSR count). The number of fused-ring (bicyclic) bond motifs is 2. The van der Waals surface area contributed by atoms with E-state index in [0.717, 1.165) is 32.2 Å². The number of benzene rings is 4. The molecular formula is C60H64F4N10O9. The lowest BCUT2D eigenvalue weighted by Crippen LogP contribution is -2.39. The lowest BCUT2D eigenvalue weighted by molar-refractivity contribution is -0.138. The fraction of sp³-hybridized carbons (Fsp3) is 0.400. The summed E-state index contributed by atoms with van der Waals surface area (Å²) in [4.78, 5) is 60.1. The standard InChI is InChI=1S/C30H31F2N5O4.C19H13F2N3O3.C11H20N2O2/c1-30(2,3)41-29(39)36-14-20-12-35(13-21(20)15-36)27(38)17-37-16-22(18-7-9-26(40-5)24(32)10-18)28(34-37)19-6-8-25(33-4)23(31)11-19;1-22-16-5-3-12(8-14(16)20)19-13(9-24(23-19)10-18(25)26)11-4-6-17(27-2)15(21)7-11;1-11(2,3)15-10(14)13-6-8-4-12-5-9(8)7-13/h6-11,16,20-21H,12-15,17H2,1-3,5H3;3-9H,10H2,2H3,(H,25,26);8-9,12H,4-7H2,1-3H3. The second kappa shape index (κ2) is 25.0. The number of carbonyl (C=O) groups excluding carboxylic acids is 3. The van der Waals surface area contributed by atoms with E-state index in [1.807, 2.05) is 46.4 Å². The molecule has 4 saturated heterocycles. The Kier molecular flexibility index (Phi) is 18.1. The van der Waals surface area contributed by atoms with Crippen LogP contribution < -0.4 is 14.8 Å². The molecule has 0 aliphatic carbocycles. The topological polar surface area (TPSA) is 192 Å². The Morgan fingerprint density at radius 3 is 1.30 bits per heavy atom. The van der Waals surface area contributed by atoms with Crippen LogP contribution in [0, 0.1) is 60.1 Å². The molecular weight excluding hydrogens is 1080 g/mol. The molecule has 0 spiro atoms. The van der Waals surface area contributed by atoms with E-state index >= 15 is 0 Å². The van der Waals surface area contributed by atoms with Crippen molar-refractivity contribution in [3.8, 4) is 56.3 Å². The summed E-state index contributed by atoms with van der Waals surface area (Å²) in [6.45, 7) is 30.7. The van der Waals surface area contributed by atoms with Crippen molar-refractivity contribution in [1.82, 2.24) is 39.6 Å². The van der Waals surface area contributed by atoms with Crippen molar-refractivity contribution >= 4 is 35.4 Å². The lowest BCUT2D eigenvalue weighted by Gasteiger charge is -2.26. The minimum Gasteiger partial charge on any atom is -0.494 e. The number of likely N-dealkylation sites (tertiary alicyclic amines) is 3. The zero-order valence-electron chi connectivity index (χ0n) is 47.2. The molecule has 436 valence electrons. The van der Waals surface area contributed by atoms with E-state index in [4.69, 9.17) is 37.2 Å². The van der Waals surface area contributed by atoms with Gasteiger partial charge in [0.15, 0.2) is 23.1 Å². The number of aliphatic carboxylic acids is 1. The number of methoxy groups -OCH3 is 2. The van der Waals surface area contributed by atoms with Crippen LogP contribution in [-0.4, -0.2) is 141 Å². The molecule has 4 atom stereocenters. The summed E-state index contributed by atoms with van der Waals surface area (Å²) < 4.78 is 80.7. The Balaban J connectivity index is 0.000000182. The molecule has 4 aliphatic heterocycles. The predicted octanol–water partition coefficient (Wildman–Crippen LogP) is 10.6. The van der Waals surface area contributed by atoms with Crippen molar-refractivity contribution < 1.29 is 60.8 Å². The number of carboxylic acid groups (broad SMARTS) is 1. The lowest BCUT2D eigenvalue weighted by atomic mass is 10.0. The Bertz CT molecular complexity index is 3480. The van der Waals surface area contributed by atoms with Crippen LogP contribution in [0.25, 0.3) is 54.5 Å². The third-order valence-electron chi connectivity index (χ3n) is 14.3. The molecule has 4 aliphatic rings. The van der Waals surface area contributed by atoms with Gasteiger partial charge in [0.2, 0.25) is 17.3 Å². The van der Waals surface area contributed by atoms with Gasteiger partial charge < -0.3 is 44.1 Å². The third kappa shape index (κ3) is 14.6. The van der Waals surface area contributed by atoms with Crippen LogP contribution >= 0.6 is 0 Å². The molecule has 23 heteroatoms. The quantitative estimate of drug-likeness (QED) is 0.0976. The monoisotopic (exact) mass is 1140 g/mol. The Morgan fingerprint density at radius 2 is 0.940 bits per heavy atom. The van der Waals surface area contributed by atoms with Crippen molar-refractivity contribution in [2.45, 2.75) is 65.8 Å². The molecule has 19 nitrogen and oxygen atoms in total. The van der Waals surface area contributed by atoms with E-state index in [2.05, 4.69) is 25.2 Å². The number of ether oxygens (including phenoxy) is 4. The van der Waals surface area contributed by atoms with E-state index in [0.29, 0.717) is 77.1 Å². The number of rotatable bonds is 10. The second-order valence-corrected chi connectivity index (χ2v) is 22.6. The van der Waals surface area contributed by atoms with E-state index < -0.39 is 41.4 Å². The maximum atomic E-state index is 14.6. The SMILES string of the molecule is CC(C)(C)OC(=O)N1CC2CNCC2C1.[C-]#[N+]c1ccc(-c2nn(CC(=O)N3CC4CN(C(=O)OC(C)(C)C)CC4C3)cc2-c2ccc(OC)c(F)c2)cc1F.[C-]#[N+]c1ccc(-c2nn(CC(=O)O)cc2-c2ccc(OC)c(F)c2)cc1F. The number of nitrogens with zero attached hydrogens (tertiary/aromatic N) is 9. The highest BCUT2D eigenvalue weighted by atomic mass is 19.1. The molecule has 0 radical (unpaired) electrons.